The molecule has 0 saturated carbocycles. The van der Waals surface area contributed by atoms with Crippen molar-refractivity contribution in [3.63, 3.8) is 0 Å². The van der Waals surface area contributed by atoms with Crippen molar-refractivity contribution in [3.05, 3.63) is 56.4 Å². The maximum Gasteiger partial charge on any atom is 0.216 e. The Kier molecular flexibility index (Phi) is 4.19. The summed E-state index contributed by atoms with van der Waals surface area (Å²) in [6, 6.07) is 8.61. The summed E-state index contributed by atoms with van der Waals surface area (Å²) in [4.78, 5) is 16.5. The molecule has 1 aromatic heterocycles. The van der Waals surface area contributed by atoms with Gasteiger partial charge in [0.15, 0.2) is 5.69 Å². The maximum absolute atomic E-state index is 12.4. The van der Waals surface area contributed by atoms with Gasteiger partial charge in [-0.25, -0.2) is 4.98 Å². The minimum Gasteiger partial charge on any atom is -0.494 e. The number of hydrogen-bond acceptors (Lipinski definition) is 3. The van der Waals surface area contributed by atoms with Gasteiger partial charge < -0.3 is 4.74 Å². The molecule has 0 unspecified atom stereocenters. The standard InChI is InChI=1S/C13H9ClINO2/c1-18-11-3-2-6-16-12(11)13(17)9-7-8(14)4-5-10(9)15/h2-7H,1H3. The van der Waals surface area contributed by atoms with E-state index in [1.807, 2.05) is 0 Å². The second-order valence-electron chi connectivity index (χ2n) is 3.51. The molecule has 0 aliphatic heterocycles. The van der Waals surface area contributed by atoms with E-state index in [-0.39, 0.29) is 5.78 Å². The van der Waals surface area contributed by atoms with Crippen molar-refractivity contribution >= 4 is 40.0 Å². The number of carbonyl (C=O) groups is 1. The number of aromatic nitrogens is 1. The molecule has 0 aliphatic carbocycles. The third-order valence-corrected chi connectivity index (χ3v) is 3.55. The molecular weight excluding hydrogens is 365 g/mol. The van der Waals surface area contributed by atoms with E-state index in [2.05, 4.69) is 27.6 Å². The summed E-state index contributed by atoms with van der Waals surface area (Å²) >= 11 is 8.01. The quantitative estimate of drug-likeness (QED) is 0.610. The third kappa shape index (κ3) is 2.64. The fourth-order valence-electron chi connectivity index (χ4n) is 1.52. The van der Waals surface area contributed by atoms with Crippen LogP contribution in [0.25, 0.3) is 0 Å². The molecule has 1 aromatic carbocycles. The monoisotopic (exact) mass is 373 g/mol. The number of benzene rings is 1. The van der Waals surface area contributed by atoms with Gasteiger partial charge in [0, 0.05) is 20.4 Å². The fraction of sp³-hybridized carbons (Fsp3) is 0.0769. The van der Waals surface area contributed by atoms with E-state index >= 15 is 0 Å². The van der Waals surface area contributed by atoms with Crippen molar-refractivity contribution in [3.8, 4) is 5.75 Å². The van der Waals surface area contributed by atoms with Crippen molar-refractivity contribution < 1.29 is 9.53 Å². The summed E-state index contributed by atoms with van der Waals surface area (Å²) < 4.78 is 5.97. The summed E-state index contributed by atoms with van der Waals surface area (Å²) in [5.74, 6) is 0.262. The lowest BCUT2D eigenvalue weighted by atomic mass is 10.1. The highest BCUT2D eigenvalue weighted by molar-refractivity contribution is 14.1. The van der Waals surface area contributed by atoms with Gasteiger partial charge in [0.1, 0.15) is 5.75 Å². The highest BCUT2D eigenvalue weighted by atomic mass is 127. The molecule has 0 fully saturated rings. The third-order valence-electron chi connectivity index (χ3n) is 2.38. The summed E-state index contributed by atoms with van der Waals surface area (Å²) in [6.45, 7) is 0. The van der Waals surface area contributed by atoms with E-state index in [9.17, 15) is 4.79 Å². The molecule has 0 aliphatic rings. The van der Waals surface area contributed by atoms with Crippen molar-refractivity contribution in [2.45, 2.75) is 0 Å². The minimum atomic E-state index is -0.195. The van der Waals surface area contributed by atoms with Crippen LogP contribution in [-0.4, -0.2) is 17.9 Å². The van der Waals surface area contributed by atoms with Crippen molar-refractivity contribution in [2.75, 3.05) is 7.11 Å². The number of ketones is 1. The average Bonchev–Trinajstić information content (AvgIpc) is 2.40. The first-order valence-corrected chi connectivity index (χ1v) is 6.58. The van der Waals surface area contributed by atoms with E-state index < -0.39 is 0 Å². The van der Waals surface area contributed by atoms with E-state index in [4.69, 9.17) is 16.3 Å². The number of pyridine rings is 1. The topological polar surface area (TPSA) is 39.2 Å². The molecule has 18 heavy (non-hydrogen) atoms. The Labute approximate surface area is 123 Å². The number of nitrogens with zero attached hydrogens (tertiary/aromatic N) is 1. The van der Waals surface area contributed by atoms with Gasteiger partial charge in [-0.2, -0.15) is 0 Å². The van der Waals surface area contributed by atoms with Gasteiger partial charge in [-0.15, -0.1) is 0 Å². The van der Waals surface area contributed by atoms with E-state index in [1.54, 1.807) is 36.5 Å². The van der Waals surface area contributed by atoms with E-state index in [0.717, 1.165) is 3.57 Å². The number of carbonyl (C=O) groups excluding carboxylic acids is 1. The lowest BCUT2D eigenvalue weighted by molar-refractivity contribution is 0.103. The highest BCUT2D eigenvalue weighted by Gasteiger charge is 2.18. The average molecular weight is 374 g/mol. The molecule has 3 nitrogen and oxygen atoms in total. The summed E-state index contributed by atoms with van der Waals surface area (Å²) in [7, 11) is 1.51. The predicted octanol–water partition coefficient (Wildman–Crippen LogP) is 3.58. The van der Waals surface area contributed by atoms with Crippen molar-refractivity contribution in [2.24, 2.45) is 0 Å². The number of halogens is 2. The number of methoxy groups -OCH3 is 1. The first kappa shape index (κ1) is 13.3. The van der Waals surface area contributed by atoms with Gasteiger partial charge in [0.05, 0.1) is 7.11 Å². The zero-order chi connectivity index (χ0) is 13.1. The molecule has 92 valence electrons. The second-order valence-corrected chi connectivity index (χ2v) is 5.11. The largest absolute Gasteiger partial charge is 0.494 e. The van der Waals surface area contributed by atoms with Crippen LogP contribution < -0.4 is 4.74 Å². The zero-order valence-electron chi connectivity index (χ0n) is 9.48. The molecular formula is C13H9ClINO2. The molecule has 0 amide bonds. The Morgan fingerprint density at radius 3 is 2.89 bits per heavy atom. The highest BCUT2D eigenvalue weighted by Crippen LogP contribution is 2.24. The van der Waals surface area contributed by atoms with Crippen LogP contribution in [0.15, 0.2) is 36.5 Å². The van der Waals surface area contributed by atoms with Crippen LogP contribution in [0.1, 0.15) is 16.1 Å². The van der Waals surface area contributed by atoms with Crippen LogP contribution in [0.5, 0.6) is 5.75 Å². The molecule has 0 saturated heterocycles. The molecule has 0 spiro atoms. The van der Waals surface area contributed by atoms with E-state index in [1.165, 1.54) is 7.11 Å². The van der Waals surface area contributed by atoms with Gasteiger partial charge in [-0.05, 0) is 52.9 Å². The van der Waals surface area contributed by atoms with Crippen LogP contribution in [-0.2, 0) is 0 Å². The number of ether oxygens (including phenoxy) is 1. The SMILES string of the molecule is COc1cccnc1C(=O)c1cc(Cl)ccc1I. The molecule has 0 bridgehead atoms. The molecule has 0 atom stereocenters. The normalized spacial score (nSPS) is 10.2. The lowest BCUT2D eigenvalue weighted by Crippen LogP contribution is -2.08. The number of rotatable bonds is 3. The van der Waals surface area contributed by atoms with E-state index in [0.29, 0.717) is 22.0 Å². The van der Waals surface area contributed by atoms with Gasteiger partial charge >= 0.3 is 0 Å². The Balaban J connectivity index is 2.51. The molecule has 0 N–H and O–H groups in total. The smallest absolute Gasteiger partial charge is 0.216 e. The summed E-state index contributed by atoms with van der Waals surface area (Å²) in [5.41, 5.74) is 0.820. The van der Waals surface area contributed by atoms with Crippen LogP contribution in [0.3, 0.4) is 0 Å². The van der Waals surface area contributed by atoms with Crippen LogP contribution >= 0.6 is 34.2 Å². The van der Waals surface area contributed by atoms with Gasteiger partial charge in [0.25, 0.3) is 0 Å². The molecule has 1 heterocycles. The fourth-order valence-corrected chi connectivity index (χ4v) is 2.28. The Morgan fingerprint density at radius 2 is 2.17 bits per heavy atom. The Bertz CT molecular complexity index is 601. The van der Waals surface area contributed by atoms with Crippen LogP contribution in [0.4, 0.5) is 0 Å². The minimum absolute atomic E-state index is 0.195. The molecule has 2 rings (SSSR count). The maximum atomic E-state index is 12.4. The van der Waals surface area contributed by atoms with Gasteiger partial charge in [-0.3, -0.25) is 4.79 Å². The summed E-state index contributed by atoms with van der Waals surface area (Å²) in [5, 5.41) is 0.522. The van der Waals surface area contributed by atoms with Crippen LogP contribution in [0, 0.1) is 3.57 Å². The zero-order valence-corrected chi connectivity index (χ0v) is 12.4. The van der Waals surface area contributed by atoms with Gasteiger partial charge in [-0.1, -0.05) is 11.6 Å². The molecule has 0 radical (unpaired) electrons. The number of hydrogen-bond donors (Lipinski definition) is 0. The second kappa shape index (κ2) is 5.67. The lowest BCUT2D eigenvalue weighted by Gasteiger charge is -2.07. The first-order valence-electron chi connectivity index (χ1n) is 5.12. The Hall–Kier alpha value is -1.14. The van der Waals surface area contributed by atoms with Crippen molar-refractivity contribution in [1.29, 1.82) is 0 Å². The van der Waals surface area contributed by atoms with Gasteiger partial charge in [0.2, 0.25) is 5.78 Å². The molecule has 5 heteroatoms. The summed E-state index contributed by atoms with van der Waals surface area (Å²) in [6.07, 6.45) is 1.56. The van der Waals surface area contributed by atoms with Crippen LogP contribution in [0.2, 0.25) is 5.02 Å². The first-order chi connectivity index (χ1) is 8.63. The Morgan fingerprint density at radius 1 is 1.39 bits per heavy atom. The van der Waals surface area contributed by atoms with Crippen molar-refractivity contribution in [1.82, 2.24) is 4.98 Å². The predicted molar refractivity (Wildman–Crippen MR) is 78.4 cm³/mol. The molecule has 2 aromatic rings.